The van der Waals surface area contributed by atoms with E-state index in [4.69, 9.17) is 17.3 Å². The fraction of sp³-hybridized carbons (Fsp3) is 0. The van der Waals surface area contributed by atoms with E-state index in [2.05, 4.69) is 12.6 Å². The van der Waals surface area contributed by atoms with Gasteiger partial charge in [0.05, 0.1) is 0 Å². The smallest absolute Gasteiger partial charge is 0.0450 e. The summed E-state index contributed by atoms with van der Waals surface area (Å²) >= 11 is 9.67. The highest BCUT2D eigenvalue weighted by Crippen LogP contribution is 2.20. The van der Waals surface area contributed by atoms with Crippen molar-refractivity contribution in [3.8, 4) is 0 Å². The van der Waals surface area contributed by atoms with Gasteiger partial charge in [-0.05, 0) is 18.2 Å². The summed E-state index contributed by atoms with van der Waals surface area (Å²) in [4.78, 5) is 0.725. The molecule has 0 aliphatic rings. The molecule has 0 bridgehead atoms. The van der Waals surface area contributed by atoms with Crippen LogP contribution in [0.5, 0.6) is 0 Å². The van der Waals surface area contributed by atoms with Crippen molar-refractivity contribution in [1.29, 1.82) is 0 Å². The lowest BCUT2D eigenvalue weighted by Crippen LogP contribution is -1.84. The molecule has 0 unspecified atom stereocenters. The second-order valence-corrected chi connectivity index (χ2v) is 2.62. The lowest BCUT2D eigenvalue weighted by Gasteiger charge is -1.96. The van der Waals surface area contributed by atoms with Crippen LogP contribution in [0.3, 0.4) is 0 Å². The van der Waals surface area contributed by atoms with Crippen molar-refractivity contribution in [2.45, 2.75) is 4.90 Å². The second-order valence-electron chi connectivity index (χ2n) is 1.70. The maximum Gasteiger partial charge on any atom is 0.0450 e. The fourth-order valence-corrected chi connectivity index (χ4v) is 0.979. The largest absolute Gasteiger partial charge is 0.398 e. The quantitative estimate of drug-likeness (QED) is 0.441. The first-order valence-electron chi connectivity index (χ1n) is 2.44. The van der Waals surface area contributed by atoms with Crippen molar-refractivity contribution >= 4 is 29.9 Å². The molecule has 0 aliphatic carbocycles. The van der Waals surface area contributed by atoms with Gasteiger partial charge in [-0.2, -0.15) is 0 Å². The van der Waals surface area contributed by atoms with Crippen molar-refractivity contribution in [3.63, 3.8) is 0 Å². The van der Waals surface area contributed by atoms with E-state index in [1.54, 1.807) is 18.2 Å². The van der Waals surface area contributed by atoms with Crippen molar-refractivity contribution in [3.05, 3.63) is 23.2 Å². The van der Waals surface area contributed by atoms with E-state index >= 15 is 0 Å². The van der Waals surface area contributed by atoms with Gasteiger partial charge >= 0.3 is 0 Å². The number of anilines is 1. The molecule has 0 aromatic heterocycles. The van der Waals surface area contributed by atoms with Gasteiger partial charge in [0.1, 0.15) is 0 Å². The van der Waals surface area contributed by atoms with Crippen molar-refractivity contribution < 1.29 is 0 Å². The molecule has 2 N–H and O–H groups in total. The monoisotopic (exact) mass is 159 g/mol. The number of hydrogen-bond acceptors (Lipinski definition) is 2. The Morgan fingerprint density at radius 1 is 1.44 bits per heavy atom. The van der Waals surface area contributed by atoms with Gasteiger partial charge in [0, 0.05) is 15.6 Å². The molecular formula is C6H6ClNS. The summed E-state index contributed by atoms with van der Waals surface area (Å²) in [5.74, 6) is 0. The standard InChI is InChI=1S/C6H6ClNS/c7-4-1-2-5(8)6(9)3-4/h1-3,9H,8H2. The minimum atomic E-state index is 0.655. The van der Waals surface area contributed by atoms with Crippen molar-refractivity contribution in [1.82, 2.24) is 0 Å². The second kappa shape index (κ2) is 2.50. The summed E-state index contributed by atoms with van der Waals surface area (Å²) < 4.78 is 0. The zero-order valence-electron chi connectivity index (χ0n) is 4.63. The number of hydrogen-bond donors (Lipinski definition) is 2. The van der Waals surface area contributed by atoms with Gasteiger partial charge in [-0.15, -0.1) is 12.6 Å². The first-order chi connectivity index (χ1) is 4.20. The highest BCUT2D eigenvalue weighted by Gasteiger charge is 1.92. The third kappa shape index (κ3) is 1.53. The molecular weight excluding hydrogens is 154 g/mol. The third-order valence-electron chi connectivity index (χ3n) is 0.992. The van der Waals surface area contributed by atoms with Crippen LogP contribution >= 0.6 is 24.2 Å². The molecule has 1 rings (SSSR count). The number of halogens is 1. The zero-order valence-corrected chi connectivity index (χ0v) is 6.28. The van der Waals surface area contributed by atoms with E-state index in [0.29, 0.717) is 10.7 Å². The zero-order chi connectivity index (χ0) is 6.85. The van der Waals surface area contributed by atoms with Gasteiger partial charge in [0.25, 0.3) is 0 Å². The van der Waals surface area contributed by atoms with E-state index in [0.717, 1.165) is 4.90 Å². The van der Waals surface area contributed by atoms with Crippen molar-refractivity contribution in [2.24, 2.45) is 0 Å². The molecule has 1 aromatic rings. The van der Waals surface area contributed by atoms with Gasteiger partial charge in [-0.3, -0.25) is 0 Å². The van der Waals surface area contributed by atoms with Gasteiger partial charge in [-0.25, -0.2) is 0 Å². The molecule has 0 atom stereocenters. The lowest BCUT2D eigenvalue weighted by atomic mass is 10.3. The lowest BCUT2D eigenvalue weighted by molar-refractivity contribution is 1.48. The first kappa shape index (κ1) is 6.78. The summed E-state index contributed by atoms with van der Waals surface area (Å²) in [6, 6.07) is 5.17. The van der Waals surface area contributed by atoms with Gasteiger partial charge < -0.3 is 5.73 Å². The van der Waals surface area contributed by atoms with Crippen LogP contribution in [0.2, 0.25) is 5.02 Å². The summed E-state index contributed by atoms with van der Waals surface area (Å²) in [6.07, 6.45) is 0. The Hall–Kier alpha value is -0.340. The normalized spacial score (nSPS) is 9.56. The van der Waals surface area contributed by atoms with Crippen LogP contribution in [-0.4, -0.2) is 0 Å². The molecule has 48 valence electrons. The fourth-order valence-electron chi connectivity index (χ4n) is 0.517. The van der Waals surface area contributed by atoms with E-state index in [1.165, 1.54) is 0 Å². The maximum absolute atomic E-state index is 5.61. The van der Waals surface area contributed by atoms with Crippen LogP contribution in [0.15, 0.2) is 23.1 Å². The minimum absolute atomic E-state index is 0.655. The molecule has 9 heavy (non-hydrogen) atoms. The van der Waals surface area contributed by atoms with Gasteiger partial charge in [-0.1, -0.05) is 11.6 Å². The molecule has 0 aliphatic heterocycles. The van der Waals surface area contributed by atoms with Crippen molar-refractivity contribution in [2.75, 3.05) is 5.73 Å². The van der Waals surface area contributed by atoms with E-state index in [-0.39, 0.29) is 0 Å². The predicted octanol–water partition coefficient (Wildman–Crippen LogP) is 2.21. The average molecular weight is 160 g/mol. The molecule has 0 heterocycles. The Morgan fingerprint density at radius 2 is 2.11 bits per heavy atom. The molecule has 0 saturated heterocycles. The first-order valence-corrected chi connectivity index (χ1v) is 3.26. The number of nitrogens with two attached hydrogens (primary N) is 1. The number of rotatable bonds is 0. The van der Waals surface area contributed by atoms with Crippen LogP contribution in [0.25, 0.3) is 0 Å². The third-order valence-corrected chi connectivity index (χ3v) is 1.61. The molecule has 0 amide bonds. The Bertz CT molecular complexity index is 224. The molecule has 1 aromatic carbocycles. The summed E-state index contributed by atoms with van der Waals surface area (Å²) in [5.41, 5.74) is 6.11. The van der Waals surface area contributed by atoms with Crippen LogP contribution in [0.1, 0.15) is 0 Å². The Labute approximate surface area is 64.2 Å². The Morgan fingerprint density at radius 3 is 2.56 bits per heavy atom. The number of nitrogen functional groups attached to an aromatic ring is 1. The highest BCUT2D eigenvalue weighted by atomic mass is 35.5. The van der Waals surface area contributed by atoms with Gasteiger partial charge in [0.2, 0.25) is 0 Å². The molecule has 0 fully saturated rings. The van der Waals surface area contributed by atoms with E-state index in [9.17, 15) is 0 Å². The van der Waals surface area contributed by atoms with Crippen LogP contribution in [-0.2, 0) is 0 Å². The SMILES string of the molecule is Nc1ccc(Cl)cc1S. The Kier molecular flexibility index (Phi) is 1.88. The molecule has 0 spiro atoms. The van der Waals surface area contributed by atoms with Gasteiger partial charge in [0.15, 0.2) is 0 Å². The molecule has 1 nitrogen and oxygen atoms in total. The molecule has 0 radical (unpaired) electrons. The van der Waals surface area contributed by atoms with E-state index in [1.807, 2.05) is 0 Å². The van der Waals surface area contributed by atoms with Crippen LogP contribution in [0.4, 0.5) is 5.69 Å². The summed E-state index contributed by atoms with van der Waals surface area (Å²) in [6.45, 7) is 0. The highest BCUT2D eigenvalue weighted by molar-refractivity contribution is 7.80. The van der Waals surface area contributed by atoms with E-state index < -0.39 is 0 Å². The summed E-state index contributed by atoms with van der Waals surface area (Å²) in [7, 11) is 0. The topological polar surface area (TPSA) is 26.0 Å². The van der Waals surface area contributed by atoms with Crippen LogP contribution < -0.4 is 5.73 Å². The Balaban J connectivity index is 3.17. The average Bonchev–Trinajstić information content (AvgIpc) is 1.80. The molecule has 3 heteroatoms. The minimum Gasteiger partial charge on any atom is -0.398 e. The number of thiol groups is 1. The number of benzene rings is 1. The van der Waals surface area contributed by atoms with Crippen LogP contribution in [0, 0.1) is 0 Å². The summed E-state index contributed by atoms with van der Waals surface area (Å²) in [5, 5.41) is 0.661. The maximum atomic E-state index is 5.61. The predicted molar refractivity (Wildman–Crippen MR) is 43.1 cm³/mol. The molecule has 0 saturated carbocycles.